The molecule has 154 valence electrons. The molecule has 0 saturated carbocycles. The fourth-order valence-corrected chi connectivity index (χ4v) is 3.08. The van der Waals surface area contributed by atoms with Crippen LogP contribution in [0.3, 0.4) is 0 Å². The lowest BCUT2D eigenvalue weighted by molar-refractivity contribution is 0.196. The van der Waals surface area contributed by atoms with Crippen LogP contribution in [0.4, 0.5) is 20.2 Å². The van der Waals surface area contributed by atoms with Crippen molar-refractivity contribution in [3.05, 3.63) is 98.3 Å². The van der Waals surface area contributed by atoms with E-state index in [2.05, 4.69) is 11.6 Å². The highest BCUT2D eigenvalue weighted by Gasteiger charge is 2.24. The lowest BCUT2D eigenvalue weighted by atomic mass is 10.0. The van der Waals surface area contributed by atoms with Crippen molar-refractivity contribution < 1.29 is 13.5 Å². The number of aliphatic imine (C=N–C) groups is 1. The van der Waals surface area contributed by atoms with Crippen LogP contribution in [0.15, 0.2) is 75.8 Å². The van der Waals surface area contributed by atoms with Crippen LogP contribution >= 0.6 is 0 Å². The molecule has 0 heterocycles. The first kappa shape index (κ1) is 21.1. The van der Waals surface area contributed by atoms with Gasteiger partial charge in [-0.15, -0.1) is 0 Å². The van der Waals surface area contributed by atoms with Crippen molar-refractivity contribution in [3.8, 4) is 0 Å². The van der Waals surface area contributed by atoms with E-state index in [-0.39, 0.29) is 5.76 Å². The van der Waals surface area contributed by atoms with Gasteiger partial charge in [0.25, 0.3) is 5.90 Å². The number of benzene rings is 2. The molecule has 5 nitrogen and oxygen atoms in total. The summed E-state index contributed by atoms with van der Waals surface area (Å²) in [7, 11) is 1.22. The standard InChI is InChI=1S/C23H20F2N2O3/c1-14-19(21(29)20(14)28)27(18-7-5-4-6-8-18)13-16-9-11-17(12-10-16)15(2)30-23(26-3)22(24)25/h4-12,22H,2,13H2,1,3H3/b26-23-. The van der Waals surface area contributed by atoms with Gasteiger partial charge in [-0.05, 0) is 24.6 Å². The Bertz CT molecular complexity index is 1150. The molecule has 0 fully saturated rings. The van der Waals surface area contributed by atoms with E-state index in [1.807, 2.05) is 30.3 Å². The minimum Gasteiger partial charge on any atom is -0.438 e. The molecule has 0 saturated heterocycles. The number of rotatable bonds is 7. The first-order chi connectivity index (χ1) is 14.3. The van der Waals surface area contributed by atoms with Crippen molar-refractivity contribution in [2.75, 3.05) is 11.9 Å². The quantitative estimate of drug-likeness (QED) is 0.253. The summed E-state index contributed by atoms with van der Waals surface area (Å²) in [5.74, 6) is -0.643. The van der Waals surface area contributed by atoms with Gasteiger partial charge in [0.1, 0.15) is 11.4 Å². The minimum absolute atomic E-state index is 0.0562. The van der Waals surface area contributed by atoms with Crippen LogP contribution in [0.1, 0.15) is 16.7 Å². The number of para-hydroxylation sites is 1. The predicted molar refractivity (Wildman–Crippen MR) is 114 cm³/mol. The molecule has 0 aliphatic rings. The van der Waals surface area contributed by atoms with Gasteiger partial charge in [-0.3, -0.25) is 14.6 Å². The molecule has 7 heteroatoms. The van der Waals surface area contributed by atoms with Crippen molar-refractivity contribution in [1.82, 2.24) is 0 Å². The minimum atomic E-state index is -2.83. The Morgan fingerprint density at radius 3 is 2.23 bits per heavy atom. The van der Waals surface area contributed by atoms with E-state index >= 15 is 0 Å². The van der Waals surface area contributed by atoms with E-state index in [0.29, 0.717) is 23.4 Å². The van der Waals surface area contributed by atoms with E-state index in [0.717, 1.165) is 11.3 Å². The lowest BCUT2D eigenvalue weighted by Gasteiger charge is -2.27. The first-order valence-corrected chi connectivity index (χ1v) is 9.17. The monoisotopic (exact) mass is 410 g/mol. The van der Waals surface area contributed by atoms with E-state index in [1.165, 1.54) is 7.05 Å². The molecular weight excluding hydrogens is 390 g/mol. The fraction of sp³-hybridized carbons (Fsp3) is 0.174. The average molecular weight is 410 g/mol. The summed E-state index contributed by atoms with van der Waals surface area (Å²) < 4.78 is 30.6. The highest BCUT2D eigenvalue weighted by atomic mass is 19.3. The third-order valence-corrected chi connectivity index (χ3v) is 4.71. The molecule has 0 radical (unpaired) electrons. The van der Waals surface area contributed by atoms with E-state index in [9.17, 15) is 18.4 Å². The largest absolute Gasteiger partial charge is 0.438 e. The topological polar surface area (TPSA) is 59.0 Å². The average Bonchev–Trinajstić information content (AvgIpc) is 2.77. The molecule has 0 aliphatic heterocycles. The Labute approximate surface area is 172 Å². The van der Waals surface area contributed by atoms with E-state index in [4.69, 9.17) is 4.74 Å². The number of alkyl halides is 2. The Morgan fingerprint density at radius 2 is 1.70 bits per heavy atom. The molecule has 0 spiro atoms. The summed E-state index contributed by atoms with van der Waals surface area (Å²) in [6, 6.07) is 16.2. The van der Waals surface area contributed by atoms with Gasteiger partial charge >= 0.3 is 6.43 Å². The Morgan fingerprint density at radius 1 is 1.07 bits per heavy atom. The number of halogens is 2. The first-order valence-electron chi connectivity index (χ1n) is 9.17. The summed E-state index contributed by atoms with van der Waals surface area (Å²) >= 11 is 0. The summed E-state index contributed by atoms with van der Waals surface area (Å²) in [5, 5.41) is 0. The lowest BCUT2D eigenvalue weighted by Crippen LogP contribution is -2.40. The molecule has 3 aromatic rings. The number of ether oxygens (including phenoxy) is 1. The molecule has 0 atom stereocenters. The highest BCUT2D eigenvalue weighted by molar-refractivity contribution is 5.84. The SMILES string of the molecule is C=C(O/C(=N\C)C(F)F)c1ccc(CN(c2ccccc2)c2c(C)c(=O)c2=O)cc1. The van der Waals surface area contributed by atoms with Gasteiger partial charge in [0.15, 0.2) is 0 Å². The summed E-state index contributed by atoms with van der Waals surface area (Å²) in [5.41, 5.74) is 1.99. The van der Waals surface area contributed by atoms with Crippen molar-refractivity contribution in [2.45, 2.75) is 19.9 Å². The van der Waals surface area contributed by atoms with Gasteiger partial charge in [-0.2, -0.15) is 8.78 Å². The Kier molecular flexibility index (Phi) is 6.20. The van der Waals surface area contributed by atoms with Crippen molar-refractivity contribution in [1.29, 1.82) is 0 Å². The molecule has 0 aliphatic carbocycles. The van der Waals surface area contributed by atoms with Crippen molar-refractivity contribution in [3.63, 3.8) is 0 Å². The molecular formula is C23H20F2N2O3. The maximum absolute atomic E-state index is 12.8. The second-order valence-electron chi connectivity index (χ2n) is 6.64. The zero-order chi connectivity index (χ0) is 21.8. The van der Waals surface area contributed by atoms with Crippen molar-refractivity contribution in [2.24, 2.45) is 4.99 Å². The van der Waals surface area contributed by atoms with E-state index < -0.39 is 23.2 Å². The van der Waals surface area contributed by atoms with Crippen LogP contribution in [0, 0.1) is 6.92 Å². The summed E-state index contributed by atoms with van der Waals surface area (Å²) in [6.07, 6.45) is -2.83. The fourth-order valence-electron chi connectivity index (χ4n) is 3.08. The maximum atomic E-state index is 12.8. The third kappa shape index (κ3) is 4.20. The smallest absolute Gasteiger partial charge is 0.312 e. The van der Waals surface area contributed by atoms with Crippen LogP contribution in [-0.2, 0) is 11.3 Å². The third-order valence-electron chi connectivity index (χ3n) is 4.71. The molecule has 0 N–H and O–H groups in total. The normalized spacial score (nSPS) is 11.7. The van der Waals surface area contributed by atoms with Gasteiger partial charge in [0.05, 0.1) is 0 Å². The Balaban J connectivity index is 1.84. The Hall–Kier alpha value is -3.61. The second-order valence-corrected chi connectivity index (χ2v) is 6.64. The summed E-state index contributed by atoms with van der Waals surface area (Å²) in [6.45, 7) is 5.66. The molecule has 0 unspecified atom stereocenters. The number of nitrogens with zero attached hydrogens (tertiary/aromatic N) is 2. The number of hydrogen-bond acceptors (Lipinski definition) is 5. The van der Waals surface area contributed by atoms with Gasteiger partial charge in [-0.1, -0.05) is 49.0 Å². The molecule has 3 aromatic carbocycles. The van der Waals surface area contributed by atoms with Crippen LogP contribution in [-0.4, -0.2) is 19.4 Å². The molecule has 3 rings (SSSR count). The second kappa shape index (κ2) is 8.82. The van der Waals surface area contributed by atoms with Gasteiger partial charge in [0.2, 0.25) is 10.9 Å². The highest BCUT2D eigenvalue weighted by Crippen LogP contribution is 2.27. The van der Waals surface area contributed by atoms with E-state index in [1.54, 1.807) is 36.1 Å². The number of anilines is 2. The van der Waals surface area contributed by atoms with Gasteiger partial charge < -0.3 is 9.64 Å². The number of hydrogen-bond donors (Lipinski definition) is 0. The van der Waals surface area contributed by atoms with Gasteiger partial charge in [0, 0.05) is 30.4 Å². The predicted octanol–water partition coefficient (Wildman–Crippen LogP) is 4.21. The van der Waals surface area contributed by atoms with Crippen molar-refractivity contribution >= 4 is 23.0 Å². The molecule has 0 bridgehead atoms. The van der Waals surface area contributed by atoms with Crippen LogP contribution < -0.4 is 15.8 Å². The van der Waals surface area contributed by atoms with Crippen LogP contribution in [0.5, 0.6) is 0 Å². The molecule has 0 aromatic heterocycles. The van der Waals surface area contributed by atoms with Gasteiger partial charge in [-0.25, -0.2) is 0 Å². The molecule has 30 heavy (non-hydrogen) atoms. The maximum Gasteiger partial charge on any atom is 0.312 e. The summed E-state index contributed by atoms with van der Waals surface area (Å²) in [4.78, 5) is 29.1. The van der Waals surface area contributed by atoms with Crippen LogP contribution in [0.2, 0.25) is 0 Å². The molecule has 0 amide bonds. The zero-order valence-corrected chi connectivity index (χ0v) is 16.6. The van der Waals surface area contributed by atoms with Crippen LogP contribution in [0.25, 0.3) is 5.76 Å². The zero-order valence-electron chi connectivity index (χ0n) is 16.6.